The maximum absolute atomic E-state index is 12.5. The number of carbonyl (C=O) groups excluding carboxylic acids is 1. The standard InChI is InChI=1S/C17H22O4/c1-10-9-17-6-3-13(18)16(2,5-4-15(20)21)12(17)7-11(10)8-14(17)19/h3,6,11-12,14,19H,1,4-5,7-9H2,2H3,(H,20,21)/t11-,12-,14-,16+,17+/m1/s1. The second-order valence-corrected chi connectivity index (χ2v) is 7.19. The van der Waals surface area contributed by atoms with Crippen LogP contribution in [0.1, 0.15) is 39.0 Å². The Morgan fingerprint density at radius 1 is 1.48 bits per heavy atom. The van der Waals surface area contributed by atoms with Crippen molar-refractivity contribution in [1.82, 2.24) is 0 Å². The van der Waals surface area contributed by atoms with Gasteiger partial charge in [0.15, 0.2) is 5.78 Å². The number of carboxylic acids is 1. The summed E-state index contributed by atoms with van der Waals surface area (Å²) in [7, 11) is 0. The summed E-state index contributed by atoms with van der Waals surface area (Å²) < 4.78 is 0. The van der Waals surface area contributed by atoms with Crippen molar-refractivity contribution in [2.24, 2.45) is 22.7 Å². The van der Waals surface area contributed by atoms with Crippen LogP contribution in [0.25, 0.3) is 0 Å². The van der Waals surface area contributed by atoms with Crippen LogP contribution in [0.2, 0.25) is 0 Å². The van der Waals surface area contributed by atoms with Gasteiger partial charge in [-0.05, 0) is 43.6 Å². The molecule has 114 valence electrons. The van der Waals surface area contributed by atoms with Crippen LogP contribution in [0.3, 0.4) is 0 Å². The largest absolute Gasteiger partial charge is 0.481 e. The molecule has 4 aliphatic rings. The Labute approximate surface area is 124 Å². The van der Waals surface area contributed by atoms with Gasteiger partial charge in [0.1, 0.15) is 0 Å². The fraction of sp³-hybridized carbons (Fsp3) is 0.647. The van der Waals surface area contributed by atoms with Crippen LogP contribution in [0, 0.1) is 22.7 Å². The maximum atomic E-state index is 12.5. The number of aliphatic carboxylic acids is 1. The fourth-order valence-electron chi connectivity index (χ4n) is 4.83. The van der Waals surface area contributed by atoms with Crippen LogP contribution in [-0.2, 0) is 9.59 Å². The number of hydrogen-bond donors (Lipinski definition) is 2. The van der Waals surface area contributed by atoms with Gasteiger partial charge in [-0.15, -0.1) is 0 Å². The van der Waals surface area contributed by atoms with Crippen molar-refractivity contribution in [2.75, 3.05) is 0 Å². The summed E-state index contributed by atoms with van der Waals surface area (Å²) in [6.07, 6.45) is 5.59. The number of carbonyl (C=O) groups is 2. The molecule has 2 N–H and O–H groups in total. The average molecular weight is 290 g/mol. The van der Waals surface area contributed by atoms with Gasteiger partial charge < -0.3 is 10.2 Å². The number of carboxylic acid groups (broad SMARTS) is 1. The van der Waals surface area contributed by atoms with Gasteiger partial charge in [-0.25, -0.2) is 0 Å². The molecule has 21 heavy (non-hydrogen) atoms. The van der Waals surface area contributed by atoms with Crippen molar-refractivity contribution in [3.63, 3.8) is 0 Å². The molecule has 0 heterocycles. The molecule has 4 nitrogen and oxygen atoms in total. The highest BCUT2D eigenvalue weighted by Crippen LogP contribution is 2.64. The maximum Gasteiger partial charge on any atom is 0.303 e. The zero-order chi connectivity index (χ0) is 15.4. The van der Waals surface area contributed by atoms with E-state index in [1.54, 1.807) is 6.08 Å². The van der Waals surface area contributed by atoms with Crippen molar-refractivity contribution in [2.45, 2.75) is 45.1 Å². The monoisotopic (exact) mass is 290 g/mol. The third-order valence-electron chi connectivity index (χ3n) is 6.14. The zero-order valence-corrected chi connectivity index (χ0v) is 12.3. The van der Waals surface area contributed by atoms with Gasteiger partial charge >= 0.3 is 5.97 Å². The van der Waals surface area contributed by atoms with Crippen LogP contribution in [-0.4, -0.2) is 28.1 Å². The number of aliphatic hydroxyl groups is 1. The first-order chi connectivity index (χ1) is 9.79. The van der Waals surface area contributed by atoms with Crippen LogP contribution < -0.4 is 0 Å². The Morgan fingerprint density at radius 3 is 2.86 bits per heavy atom. The van der Waals surface area contributed by atoms with Gasteiger partial charge in [0.25, 0.3) is 0 Å². The first-order valence-corrected chi connectivity index (χ1v) is 7.61. The average Bonchev–Trinajstić information content (AvgIpc) is 2.42. The predicted molar refractivity (Wildman–Crippen MR) is 77.5 cm³/mol. The molecule has 4 rings (SSSR count). The lowest BCUT2D eigenvalue weighted by Gasteiger charge is -2.61. The van der Waals surface area contributed by atoms with Gasteiger partial charge in [0.05, 0.1) is 6.10 Å². The number of aliphatic hydroxyl groups excluding tert-OH is 1. The summed E-state index contributed by atoms with van der Waals surface area (Å²) >= 11 is 0. The molecule has 0 radical (unpaired) electrons. The highest BCUT2D eigenvalue weighted by Gasteiger charge is 2.61. The number of allylic oxidation sites excluding steroid dienone is 2. The molecule has 0 aromatic rings. The van der Waals surface area contributed by atoms with Gasteiger partial charge in [-0.3, -0.25) is 9.59 Å². The van der Waals surface area contributed by atoms with Crippen molar-refractivity contribution in [3.8, 4) is 0 Å². The highest BCUT2D eigenvalue weighted by molar-refractivity contribution is 5.96. The Balaban J connectivity index is 2.01. The second kappa shape index (κ2) is 4.54. The van der Waals surface area contributed by atoms with Crippen molar-refractivity contribution in [3.05, 3.63) is 24.3 Å². The van der Waals surface area contributed by atoms with Gasteiger partial charge in [-0.1, -0.05) is 25.2 Å². The van der Waals surface area contributed by atoms with Crippen LogP contribution in [0.4, 0.5) is 0 Å². The summed E-state index contributed by atoms with van der Waals surface area (Å²) in [5.74, 6) is -0.597. The fourth-order valence-corrected chi connectivity index (χ4v) is 4.83. The molecule has 0 aliphatic heterocycles. The molecule has 3 saturated carbocycles. The smallest absolute Gasteiger partial charge is 0.303 e. The van der Waals surface area contributed by atoms with E-state index in [-0.39, 0.29) is 24.0 Å². The number of fused-ring (bicyclic) bond motifs is 2. The summed E-state index contributed by atoms with van der Waals surface area (Å²) in [5, 5.41) is 19.6. The molecule has 5 atom stereocenters. The molecule has 0 aromatic heterocycles. The lowest BCUT2D eigenvalue weighted by molar-refractivity contribution is -0.150. The van der Waals surface area contributed by atoms with E-state index in [0.29, 0.717) is 12.8 Å². The summed E-state index contributed by atoms with van der Waals surface area (Å²) in [5.41, 5.74) is 0.0525. The lowest BCUT2D eigenvalue weighted by Crippen LogP contribution is -2.59. The minimum Gasteiger partial charge on any atom is -0.481 e. The Hall–Kier alpha value is -1.42. The molecule has 0 aromatic carbocycles. The number of ketones is 1. The normalized spacial score (nSPS) is 44.8. The van der Waals surface area contributed by atoms with E-state index in [1.807, 2.05) is 13.0 Å². The molecule has 0 unspecified atom stereocenters. The molecule has 1 spiro atoms. The topological polar surface area (TPSA) is 74.6 Å². The molecule has 4 heteroatoms. The molecule has 3 fully saturated rings. The summed E-state index contributed by atoms with van der Waals surface area (Å²) in [6, 6.07) is 0. The Kier molecular flexibility index (Phi) is 3.14. The number of hydrogen-bond acceptors (Lipinski definition) is 3. The van der Waals surface area contributed by atoms with Crippen molar-refractivity contribution in [1.29, 1.82) is 0 Å². The third-order valence-corrected chi connectivity index (χ3v) is 6.14. The second-order valence-electron chi connectivity index (χ2n) is 7.19. The van der Waals surface area contributed by atoms with E-state index in [2.05, 4.69) is 6.58 Å². The van der Waals surface area contributed by atoms with E-state index in [1.165, 1.54) is 0 Å². The first-order valence-electron chi connectivity index (χ1n) is 7.61. The molecule has 0 amide bonds. The Morgan fingerprint density at radius 2 is 2.19 bits per heavy atom. The molecule has 4 aliphatic carbocycles. The Bertz CT molecular complexity index is 549. The predicted octanol–water partition coefficient (Wildman–Crippen LogP) is 2.33. The van der Waals surface area contributed by atoms with Crippen LogP contribution in [0.15, 0.2) is 24.3 Å². The minimum atomic E-state index is -0.876. The van der Waals surface area contributed by atoms with E-state index < -0.39 is 22.9 Å². The van der Waals surface area contributed by atoms with E-state index >= 15 is 0 Å². The van der Waals surface area contributed by atoms with Gasteiger partial charge in [-0.2, -0.15) is 0 Å². The zero-order valence-electron chi connectivity index (χ0n) is 12.3. The van der Waals surface area contributed by atoms with Gasteiger partial charge in [0.2, 0.25) is 0 Å². The summed E-state index contributed by atoms with van der Waals surface area (Å²) in [6.45, 7) is 6.01. The molecular weight excluding hydrogens is 268 g/mol. The van der Waals surface area contributed by atoms with Crippen molar-refractivity contribution >= 4 is 11.8 Å². The van der Waals surface area contributed by atoms with E-state index in [4.69, 9.17) is 5.11 Å². The quantitative estimate of drug-likeness (QED) is 0.782. The molecular formula is C17H22O4. The first kappa shape index (κ1) is 14.5. The van der Waals surface area contributed by atoms with Crippen LogP contribution >= 0.6 is 0 Å². The van der Waals surface area contributed by atoms with E-state index in [9.17, 15) is 14.7 Å². The van der Waals surface area contributed by atoms with Gasteiger partial charge in [0, 0.05) is 17.3 Å². The van der Waals surface area contributed by atoms with Crippen LogP contribution in [0.5, 0.6) is 0 Å². The van der Waals surface area contributed by atoms with Crippen molar-refractivity contribution < 1.29 is 19.8 Å². The number of rotatable bonds is 3. The van der Waals surface area contributed by atoms with E-state index in [0.717, 1.165) is 18.4 Å². The highest BCUT2D eigenvalue weighted by atomic mass is 16.4. The lowest BCUT2D eigenvalue weighted by atomic mass is 9.43. The summed E-state index contributed by atoms with van der Waals surface area (Å²) in [4.78, 5) is 23.4. The SMILES string of the molecule is C=C1C[C@@]23C=CC(=O)[C@@](C)(CCC(=O)O)[C@H]2C[C@@H]1C[C@H]3O. The molecule has 0 saturated heterocycles. The molecule has 2 bridgehead atoms. The minimum absolute atomic E-state index is 0.00439. The third kappa shape index (κ3) is 1.92.